The number of alkyl halides is 1. The van der Waals surface area contributed by atoms with Crippen molar-refractivity contribution in [2.24, 2.45) is 0 Å². The van der Waals surface area contributed by atoms with Crippen molar-refractivity contribution in [2.45, 2.75) is 30.6 Å². The smallest absolute Gasteiger partial charge is 0.145 e. The monoisotopic (exact) mass is 226 g/mol. The van der Waals surface area contributed by atoms with Crippen LogP contribution < -0.4 is 0 Å². The molecule has 0 rings (SSSR count). The molecule has 0 saturated heterocycles. The van der Waals surface area contributed by atoms with Crippen molar-refractivity contribution >= 4 is 28.4 Å². The zero-order valence-corrected chi connectivity index (χ0v) is 7.44. The molecule has 0 aromatic carbocycles. The molecule has 8 heavy (non-hydrogen) atoms. The second-order valence-corrected chi connectivity index (χ2v) is 3.20. The fourth-order valence-corrected chi connectivity index (χ4v) is 0.890. The minimum atomic E-state index is 0.248. The Kier molecular flexibility index (Phi) is 4.51. The maximum absolute atomic E-state index is 10.7. The van der Waals surface area contributed by atoms with Crippen molar-refractivity contribution < 1.29 is 4.79 Å². The van der Waals surface area contributed by atoms with Crippen LogP contribution in [-0.4, -0.2) is 9.71 Å². The molecule has 0 bridgehead atoms. The summed E-state index contributed by atoms with van der Waals surface area (Å²) >= 11 is 2.18. The van der Waals surface area contributed by atoms with Crippen molar-refractivity contribution in [1.29, 1.82) is 0 Å². The predicted molar refractivity (Wildman–Crippen MR) is 43.4 cm³/mol. The highest BCUT2D eigenvalue weighted by molar-refractivity contribution is 14.1. The lowest BCUT2D eigenvalue weighted by Crippen LogP contribution is -2.09. The topological polar surface area (TPSA) is 17.1 Å². The molecule has 0 aliphatic rings. The fourth-order valence-electron chi connectivity index (χ4n) is 0.449. The molecule has 0 N–H and O–H groups in total. The van der Waals surface area contributed by atoms with Crippen LogP contribution in [0.1, 0.15) is 26.7 Å². The van der Waals surface area contributed by atoms with E-state index in [4.69, 9.17) is 0 Å². The van der Waals surface area contributed by atoms with Crippen LogP contribution >= 0.6 is 22.6 Å². The molecule has 48 valence electrons. The van der Waals surface area contributed by atoms with Gasteiger partial charge in [0.05, 0.1) is 3.92 Å². The lowest BCUT2D eigenvalue weighted by atomic mass is 10.2. The van der Waals surface area contributed by atoms with Crippen LogP contribution in [-0.2, 0) is 4.79 Å². The first kappa shape index (κ1) is 8.40. The molecule has 0 aliphatic carbocycles. The predicted octanol–water partition coefficient (Wildman–Crippen LogP) is 2.18. The Morgan fingerprint density at radius 2 is 2.12 bits per heavy atom. The van der Waals surface area contributed by atoms with E-state index in [-0.39, 0.29) is 3.92 Å². The average molecular weight is 226 g/mol. The first-order chi connectivity index (χ1) is 3.72. The highest BCUT2D eigenvalue weighted by Crippen LogP contribution is 2.07. The molecule has 0 spiro atoms. The fraction of sp³-hybridized carbons (Fsp3) is 0.833. The van der Waals surface area contributed by atoms with Gasteiger partial charge in [0.25, 0.3) is 0 Å². The van der Waals surface area contributed by atoms with E-state index >= 15 is 0 Å². The molecule has 0 aliphatic heterocycles. The number of halogens is 1. The summed E-state index contributed by atoms with van der Waals surface area (Å²) in [6.45, 7) is 3.94. The molecule has 0 aromatic rings. The lowest BCUT2D eigenvalue weighted by Gasteiger charge is -2.00. The standard InChI is InChI=1S/C6H11IO/c1-3-5(7)6(8)4-2/h5H,3-4H2,1-2H3. The summed E-state index contributed by atoms with van der Waals surface area (Å²) in [7, 11) is 0. The number of carbonyl (C=O) groups excluding carboxylic acids is 1. The van der Waals surface area contributed by atoms with Gasteiger partial charge < -0.3 is 0 Å². The molecule has 0 aromatic heterocycles. The molecule has 1 unspecified atom stereocenters. The van der Waals surface area contributed by atoms with E-state index in [2.05, 4.69) is 22.6 Å². The molecule has 0 amide bonds. The van der Waals surface area contributed by atoms with E-state index in [1.165, 1.54) is 0 Å². The quantitative estimate of drug-likeness (QED) is 0.532. The Balaban J connectivity index is 3.46. The maximum atomic E-state index is 10.7. The van der Waals surface area contributed by atoms with Gasteiger partial charge in [-0.3, -0.25) is 4.79 Å². The van der Waals surface area contributed by atoms with Gasteiger partial charge in [-0.1, -0.05) is 36.4 Å². The first-order valence-corrected chi connectivity index (χ1v) is 4.13. The van der Waals surface area contributed by atoms with Crippen LogP contribution in [0.2, 0.25) is 0 Å². The van der Waals surface area contributed by atoms with Gasteiger partial charge >= 0.3 is 0 Å². The van der Waals surface area contributed by atoms with Crippen LogP contribution in [0, 0.1) is 0 Å². The van der Waals surface area contributed by atoms with Gasteiger partial charge in [0.1, 0.15) is 5.78 Å². The van der Waals surface area contributed by atoms with E-state index < -0.39 is 0 Å². The van der Waals surface area contributed by atoms with E-state index in [9.17, 15) is 4.79 Å². The summed E-state index contributed by atoms with van der Waals surface area (Å²) in [6, 6.07) is 0. The first-order valence-electron chi connectivity index (χ1n) is 2.89. The largest absolute Gasteiger partial charge is 0.299 e. The zero-order chi connectivity index (χ0) is 6.57. The number of rotatable bonds is 3. The van der Waals surface area contributed by atoms with Gasteiger partial charge in [-0.25, -0.2) is 0 Å². The summed E-state index contributed by atoms with van der Waals surface area (Å²) in [6.07, 6.45) is 1.65. The van der Waals surface area contributed by atoms with Crippen LogP contribution in [0.25, 0.3) is 0 Å². The van der Waals surface area contributed by atoms with Crippen LogP contribution in [0.3, 0.4) is 0 Å². The van der Waals surface area contributed by atoms with E-state index in [1.807, 2.05) is 13.8 Å². The third kappa shape index (κ3) is 2.64. The molecule has 0 heterocycles. The highest BCUT2D eigenvalue weighted by atomic mass is 127. The van der Waals surface area contributed by atoms with Crippen molar-refractivity contribution in [3.05, 3.63) is 0 Å². The van der Waals surface area contributed by atoms with Gasteiger partial charge in [0.2, 0.25) is 0 Å². The van der Waals surface area contributed by atoms with Crippen molar-refractivity contribution in [1.82, 2.24) is 0 Å². The Bertz CT molecular complexity index is 80.6. The Hall–Kier alpha value is 0.400. The van der Waals surface area contributed by atoms with Gasteiger partial charge in [0, 0.05) is 6.42 Å². The zero-order valence-electron chi connectivity index (χ0n) is 5.28. The molecule has 1 atom stereocenters. The average Bonchev–Trinajstić information content (AvgIpc) is 1.84. The molecule has 1 nitrogen and oxygen atoms in total. The normalized spacial score (nSPS) is 13.4. The Labute approximate surface area is 64.0 Å². The number of ketones is 1. The van der Waals surface area contributed by atoms with Crippen LogP contribution in [0.15, 0.2) is 0 Å². The Morgan fingerprint density at radius 1 is 1.62 bits per heavy atom. The Morgan fingerprint density at radius 3 is 2.25 bits per heavy atom. The summed E-state index contributed by atoms with van der Waals surface area (Å²) in [4.78, 5) is 10.7. The van der Waals surface area contributed by atoms with Crippen LogP contribution in [0.5, 0.6) is 0 Å². The summed E-state index contributed by atoms with van der Waals surface area (Å²) in [5, 5.41) is 0. The number of hydrogen-bond acceptors (Lipinski definition) is 1. The van der Waals surface area contributed by atoms with Crippen molar-refractivity contribution in [3.63, 3.8) is 0 Å². The number of carbonyl (C=O) groups is 1. The SMILES string of the molecule is CCC(=O)C(I)CC. The highest BCUT2D eigenvalue weighted by Gasteiger charge is 2.07. The van der Waals surface area contributed by atoms with E-state index in [0.29, 0.717) is 12.2 Å². The second kappa shape index (κ2) is 4.30. The summed E-state index contributed by atoms with van der Waals surface area (Å²) < 4.78 is 0.248. The van der Waals surface area contributed by atoms with Gasteiger partial charge in [-0.15, -0.1) is 0 Å². The van der Waals surface area contributed by atoms with E-state index in [1.54, 1.807) is 0 Å². The van der Waals surface area contributed by atoms with Gasteiger partial charge in [-0.2, -0.15) is 0 Å². The lowest BCUT2D eigenvalue weighted by molar-refractivity contribution is -0.117. The molecular formula is C6H11IO. The molecule has 2 heteroatoms. The molecular weight excluding hydrogens is 215 g/mol. The number of Topliss-reactive ketones (excluding diaryl/α,β-unsaturated/α-hetero) is 1. The number of hydrogen-bond donors (Lipinski definition) is 0. The summed E-state index contributed by atoms with van der Waals surface area (Å²) in [5.74, 6) is 0.369. The minimum absolute atomic E-state index is 0.248. The molecule has 0 saturated carbocycles. The third-order valence-corrected chi connectivity index (χ3v) is 2.63. The molecule has 0 radical (unpaired) electrons. The van der Waals surface area contributed by atoms with Crippen molar-refractivity contribution in [3.8, 4) is 0 Å². The third-order valence-electron chi connectivity index (χ3n) is 1.06. The minimum Gasteiger partial charge on any atom is -0.299 e. The van der Waals surface area contributed by atoms with E-state index in [0.717, 1.165) is 6.42 Å². The van der Waals surface area contributed by atoms with Gasteiger partial charge in [-0.05, 0) is 6.42 Å². The van der Waals surface area contributed by atoms with Crippen LogP contribution in [0.4, 0.5) is 0 Å². The summed E-state index contributed by atoms with van der Waals surface area (Å²) in [5.41, 5.74) is 0. The van der Waals surface area contributed by atoms with Crippen molar-refractivity contribution in [2.75, 3.05) is 0 Å². The van der Waals surface area contributed by atoms with Gasteiger partial charge in [0.15, 0.2) is 0 Å². The maximum Gasteiger partial charge on any atom is 0.145 e. The second-order valence-electron chi connectivity index (χ2n) is 1.70. The molecule has 0 fully saturated rings.